The molecule has 1 saturated heterocycles. The van der Waals surface area contributed by atoms with Crippen LogP contribution in [-0.4, -0.2) is 37.6 Å². The van der Waals surface area contributed by atoms with Crippen LogP contribution in [-0.2, 0) is 6.42 Å². The second-order valence-electron chi connectivity index (χ2n) is 4.50. The van der Waals surface area contributed by atoms with Crippen LogP contribution >= 0.6 is 15.9 Å². The molecule has 0 aliphatic carbocycles. The van der Waals surface area contributed by atoms with E-state index in [-0.39, 0.29) is 5.82 Å². The normalized spacial score (nSPS) is 17.4. The molecular weight excluding hydrogens is 283 g/mol. The highest BCUT2D eigenvalue weighted by Crippen LogP contribution is 2.24. The van der Waals surface area contributed by atoms with E-state index in [2.05, 4.69) is 26.1 Å². The van der Waals surface area contributed by atoms with Gasteiger partial charge < -0.3 is 10.2 Å². The number of hydrogen-bond acceptors (Lipinski definition) is 2. The third-order valence-corrected chi connectivity index (χ3v) is 4.37. The summed E-state index contributed by atoms with van der Waals surface area (Å²) in [5, 5.41) is 3.32. The van der Waals surface area contributed by atoms with Crippen molar-refractivity contribution in [3.8, 4) is 0 Å². The van der Waals surface area contributed by atoms with E-state index < -0.39 is 0 Å². The number of benzene rings is 1. The maximum Gasteiger partial charge on any atom is 0.127 e. The van der Waals surface area contributed by atoms with E-state index in [1.54, 1.807) is 6.07 Å². The Hall–Kier alpha value is -0.450. The zero-order chi connectivity index (χ0) is 12.3. The predicted molar refractivity (Wildman–Crippen MR) is 71.9 cm³/mol. The Bertz CT molecular complexity index is 389. The second kappa shape index (κ2) is 5.94. The van der Waals surface area contributed by atoms with Crippen LogP contribution in [0.4, 0.5) is 4.39 Å². The maximum atomic E-state index is 13.7. The first kappa shape index (κ1) is 13.0. The Morgan fingerprint density at radius 2 is 2.06 bits per heavy atom. The Kier molecular flexibility index (Phi) is 4.54. The molecular formula is C13H18BrFN2. The molecule has 1 aromatic carbocycles. The summed E-state index contributed by atoms with van der Waals surface area (Å²) in [6.07, 6.45) is 0.772. The third kappa shape index (κ3) is 3.27. The highest BCUT2D eigenvalue weighted by Gasteiger charge is 2.13. The fourth-order valence-electron chi connectivity index (χ4n) is 2.15. The van der Waals surface area contributed by atoms with Crippen molar-refractivity contribution < 1.29 is 4.39 Å². The maximum absolute atomic E-state index is 13.7. The van der Waals surface area contributed by atoms with Crippen molar-refractivity contribution in [3.63, 3.8) is 0 Å². The van der Waals surface area contributed by atoms with E-state index >= 15 is 0 Å². The van der Waals surface area contributed by atoms with Crippen LogP contribution in [0.15, 0.2) is 16.6 Å². The molecule has 0 spiro atoms. The average Bonchev–Trinajstić information content (AvgIpc) is 2.35. The smallest absolute Gasteiger partial charge is 0.127 e. The van der Waals surface area contributed by atoms with Crippen molar-refractivity contribution in [2.75, 3.05) is 32.7 Å². The molecule has 0 bridgehead atoms. The van der Waals surface area contributed by atoms with Gasteiger partial charge >= 0.3 is 0 Å². The monoisotopic (exact) mass is 300 g/mol. The molecule has 1 fully saturated rings. The molecule has 0 unspecified atom stereocenters. The first-order valence-corrected chi connectivity index (χ1v) is 6.84. The molecule has 1 N–H and O–H groups in total. The second-order valence-corrected chi connectivity index (χ2v) is 5.29. The van der Waals surface area contributed by atoms with Crippen LogP contribution in [0, 0.1) is 12.7 Å². The van der Waals surface area contributed by atoms with Crippen molar-refractivity contribution in [2.45, 2.75) is 13.3 Å². The molecule has 0 atom stereocenters. The Morgan fingerprint density at radius 1 is 1.35 bits per heavy atom. The van der Waals surface area contributed by atoms with Gasteiger partial charge in [0.15, 0.2) is 0 Å². The molecule has 2 rings (SSSR count). The van der Waals surface area contributed by atoms with Gasteiger partial charge in [-0.05, 0) is 25.0 Å². The van der Waals surface area contributed by atoms with Crippen LogP contribution in [0.2, 0.25) is 0 Å². The molecule has 1 aliphatic rings. The lowest BCUT2D eigenvalue weighted by molar-refractivity contribution is 0.243. The lowest BCUT2D eigenvalue weighted by Crippen LogP contribution is -2.44. The largest absolute Gasteiger partial charge is 0.314 e. The first-order chi connectivity index (χ1) is 8.18. The summed E-state index contributed by atoms with van der Waals surface area (Å²) in [7, 11) is 0. The van der Waals surface area contributed by atoms with E-state index in [0.717, 1.165) is 54.7 Å². The van der Waals surface area contributed by atoms with Gasteiger partial charge in [-0.1, -0.05) is 22.0 Å². The van der Waals surface area contributed by atoms with Crippen molar-refractivity contribution in [3.05, 3.63) is 33.5 Å². The van der Waals surface area contributed by atoms with Gasteiger partial charge in [0.1, 0.15) is 5.82 Å². The summed E-state index contributed by atoms with van der Waals surface area (Å²) in [6.45, 7) is 7.13. The highest BCUT2D eigenvalue weighted by molar-refractivity contribution is 9.10. The summed E-state index contributed by atoms with van der Waals surface area (Å²) >= 11 is 3.49. The molecule has 0 radical (unpaired) electrons. The van der Waals surface area contributed by atoms with Crippen LogP contribution in [0.25, 0.3) is 0 Å². The zero-order valence-corrected chi connectivity index (χ0v) is 11.7. The fraction of sp³-hybridized carbons (Fsp3) is 0.538. The topological polar surface area (TPSA) is 15.3 Å². The molecule has 4 heteroatoms. The number of aryl methyl sites for hydroxylation is 1. The van der Waals surface area contributed by atoms with Crippen molar-refractivity contribution in [1.82, 2.24) is 10.2 Å². The van der Waals surface area contributed by atoms with E-state index in [4.69, 9.17) is 0 Å². The Morgan fingerprint density at radius 3 is 2.76 bits per heavy atom. The predicted octanol–water partition coefficient (Wildman–Crippen LogP) is 2.34. The van der Waals surface area contributed by atoms with E-state index in [1.165, 1.54) is 0 Å². The van der Waals surface area contributed by atoms with E-state index in [1.807, 2.05) is 13.0 Å². The lowest BCUT2D eigenvalue weighted by atomic mass is 10.1. The van der Waals surface area contributed by atoms with Crippen LogP contribution in [0.5, 0.6) is 0 Å². The quantitative estimate of drug-likeness (QED) is 0.922. The Balaban J connectivity index is 2.00. The minimum Gasteiger partial charge on any atom is -0.314 e. The number of hydrogen-bond donors (Lipinski definition) is 1. The lowest BCUT2D eigenvalue weighted by Gasteiger charge is -2.27. The minimum absolute atomic E-state index is 0.0994. The highest BCUT2D eigenvalue weighted by atomic mass is 79.9. The number of nitrogens with zero attached hydrogens (tertiary/aromatic N) is 1. The SMILES string of the molecule is Cc1ccc(F)c(CCN2CCNCC2)c1Br. The summed E-state index contributed by atoms with van der Waals surface area (Å²) < 4.78 is 14.6. The molecule has 1 aromatic rings. The van der Waals surface area contributed by atoms with Crippen LogP contribution in [0.1, 0.15) is 11.1 Å². The van der Waals surface area contributed by atoms with E-state index in [9.17, 15) is 4.39 Å². The van der Waals surface area contributed by atoms with Gasteiger partial charge in [0.05, 0.1) is 0 Å². The van der Waals surface area contributed by atoms with Crippen molar-refractivity contribution in [2.24, 2.45) is 0 Å². The molecule has 0 aromatic heterocycles. The van der Waals surface area contributed by atoms with Crippen molar-refractivity contribution in [1.29, 1.82) is 0 Å². The van der Waals surface area contributed by atoms with Gasteiger partial charge in [-0.3, -0.25) is 0 Å². The van der Waals surface area contributed by atoms with Gasteiger partial charge in [-0.2, -0.15) is 0 Å². The number of piperazine rings is 1. The average molecular weight is 301 g/mol. The zero-order valence-electron chi connectivity index (χ0n) is 10.1. The minimum atomic E-state index is -0.0994. The molecule has 2 nitrogen and oxygen atoms in total. The standard InChI is InChI=1S/C13H18BrFN2/c1-10-2-3-12(15)11(13(10)14)4-7-17-8-5-16-6-9-17/h2-3,16H,4-9H2,1H3. The summed E-state index contributed by atoms with van der Waals surface area (Å²) in [5.41, 5.74) is 1.91. The summed E-state index contributed by atoms with van der Waals surface area (Å²) in [6, 6.07) is 3.38. The molecule has 17 heavy (non-hydrogen) atoms. The van der Waals surface area contributed by atoms with Crippen LogP contribution in [0.3, 0.4) is 0 Å². The van der Waals surface area contributed by atoms with Gasteiger partial charge in [-0.15, -0.1) is 0 Å². The van der Waals surface area contributed by atoms with Gasteiger partial charge in [0.2, 0.25) is 0 Å². The number of nitrogens with one attached hydrogen (secondary N) is 1. The molecule has 0 amide bonds. The molecule has 0 saturated carbocycles. The molecule has 1 heterocycles. The number of rotatable bonds is 3. The molecule has 1 aliphatic heterocycles. The van der Waals surface area contributed by atoms with Crippen LogP contribution < -0.4 is 5.32 Å². The van der Waals surface area contributed by atoms with Gasteiger partial charge in [0, 0.05) is 42.8 Å². The van der Waals surface area contributed by atoms with Gasteiger partial charge in [0.25, 0.3) is 0 Å². The first-order valence-electron chi connectivity index (χ1n) is 6.05. The van der Waals surface area contributed by atoms with Gasteiger partial charge in [-0.25, -0.2) is 4.39 Å². The fourth-order valence-corrected chi connectivity index (χ4v) is 2.67. The van der Waals surface area contributed by atoms with E-state index in [0.29, 0.717) is 0 Å². The molecule has 94 valence electrons. The Labute approximate surface area is 110 Å². The summed E-state index contributed by atoms with van der Waals surface area (Å²) in [5.74, 6) is -0.0994. The van der Waals surface area contributed by atoms with Crippen molar-refractivity contribution >= 4 is 15.9 Å². The summed E-state index contributed by atoms with van der Waals surface area (Å²) in [4.78, 5) is 2.38. The number of halogens is 2. The third-order valence-electron chi connectivity index (χ3n) is 3.27.